The van der Waals surface area contributed by atoms with Crippen molar-refractivity contribution in [3.8, 4) is 33.4 Å². The van der Waals surface area contributed by atoms with E-state index in [1.165, 1.54) is 44.5 Å². The summed E-state index contributed by atoms with van der Waals surface area (Å²) in [5.41, 5.74) is 18.1. The molecule has 0 radical (unpaired) electrons. The Morgan fingerprint density at radius 3 is 1.62 bits per heavy atom. The van der Waals surface area contributed by atoms with E-state index in [2.05, 4.69) is 229 Å². The van der Waals surface area contributed by atoms with Crippen LogP contribution in [0, 0.1) is 0 Å². The van der Waals surface area contributed by atoms with Crippen molar-refractivity contribution in [3.05, 3.63) is 259 Å². The molecule has 10 aromatic carbocycles. The third-order valence-corrected chi connectivity index (χ3v) is 13.4. The highest BCUT2D eigenvalue weighted by Gasteiger charge is 2.46. The maximum Gasteiger partial charge on any atom is 0.159 e. The zero-order valence-corrected chi connectivity index (χ0v) is 34.8. The van der Waals surface area contributed by atoms with E-state index in [0.29, 0.717) is 0 Å². The third kappa shape index (κ3) is 5.41. The summed E-state index contributed by atoms with van der Waals surface area (Å²) in [5, 5.41) is 4.42. The number of furan rings is 2. The fourth-order valence-electron chi connectivity index (χ4n) is 10.6. The summed E-state index contributed by atoms with van der Waals surface area (Å²) in [4.78, 5) is 2.31. The van der Waals surface area contributed by atoms with E-state index in [1.54, 1.807) is 0 Å². The molecule has 0 spiro atoms. The van der Waals surface area contributed by atoms with Crippen molar-refractivity contribution in [2.75, 3.05) is 4.90 Å². The largest absolute Gasteiger partial charge is 0.456 e. The molecule has 3 nitrogen and oxygen atoms in total. The van der Waals surface area contributed by atoms with Gasteiger partial charge in [0.2, 0.25) is 0 Å². The summed E-state index contributed by atoms with van der Waals surface area (Å²) in [6.45, 7) is 0. The van der Waals surface area contributed by atoms with Crippen LogP contribution in [0.4, 0.5) is 17.1 Å². The molecule has 3 heteroatoms. The summed E-state index contributed by atoms with van der Waals surface area (Å²) < 4.78 is 13.5. The van der Waals surface area contributed by atoms with Crippen LogP contribution in [-0.4, -0.2) is 0 Å². The van der Waals surface area contributed by atoms with E-state index in [1.807, 2.05) is 12.1 Å². The fourth-order valence-corrected chi connectivity index (χ4v) is 10.6. The molecule has 300 valence electrons. The molecule has 1 aliphatic rings. The first-order chi connectivity index (χ1) is 31.7. The molecule has 0 saturated heterocycles. The van der Waals surface area contributed by atoms with E-state index in [-0.39, 0.29) is 0 Å². The lowest BCUT2D eigenvalue weighted by Gasteiger charge is -2.33. The number of para-hydroxylation sites is 2. The van der Waals surface area contributed by atoms with Crippen LogP contribution in [0.1, 0.15) is 22.3 Å². The Morgan fingerprint density at radius 2 is 0.891 bits per heavy atom. The molecule has 2 heterocycles. The second-order valence-electron chi connectivity index (χ2n) is 16.7. The molecule has 0 N–H and O–H groups in total. The Balaban J connectivity index is 0.968. The summed E-state index contributed by atoms with van der Waals surface area (Å²) >= 11 is 0. The van der Waals surface area contributed by atoms with Crippen LogP contribution in [0.25, 0.3) is 77.3 Å². The highest BCUT2D eigenvalue weighted by molar-refractivity contribution is 6.15. The quantitative estimate of drug-likeness (QED) is 0.160. The predicted octanol–water partition coefficient (Wildman–Crippen LogP) is 16.7. The van der Waals surface area contributed by atoms with Gasteiger partial charge >= 0.3 is 0 Å². The van der Waals surface area contributed by atoms with Gasteiger partial charge in [0.25, 0.3) is 0 Å². The molecule has 0 saturated carbocycles. The molecule has 0 bridgehead atoms. The molecule has 64 heavy (non-hydrogen) atoms. The van der Waals surface area contributed by atoms with Gasteiger partial charge in [0.1, 0.15) is 16.7 Å². The Labute approximate surface area is 370 Å². The van der Waals surface area contributed by atoms with E-state index in [0.717, 1.165) is 72.1 Å². The van der Waals surface area contributed by atoms with Gasteiger partial charge in [-0.3, -0.25) is 0 Å². The minimum atomic E-state index is -0.499. The fraction of sp³-hybridized carbons (Fsp3) is 0.0164. The van der Waals surface area contributed by atoms with Crippen molar-refractivity contribution in [1.82, 2.24) is 0 Å². The molecular weight excluding hydrogens is 779 g/mol. The number of rotatable bonds is 7. The normalized spacial score (nSPS) is 12.8. The zero-order chi connectivity index (χ0) is 42.2. The smallest absolute Gasteiger partial charge is 0.159 e. The van der Waals surface area contributed by atoms with Crippen molar-refractivity contribution < 1.29 is 8.83 Å². The van der Waals surface area contributed by atoms with Crippen LogP contribution < -0.4 is 4.90 Å². The van der Waals surface area contributed by atoms with Gasteiger partial charge in [0.15, 0.2) is 5.58 Å². The van der Waals surface area contributed by atoms with Gasteiger partial charge in [-0.2, -0.15) is 0 Å². The maximum atomic E-state index is 6.87. The summed E-state index contributed by atoms with van der Waals surface area (Å²) in [6.07, 6.45) is 0. The highest BCUT2D eigenvalue weighted by Crippen LogP contribution is 2.57. The number of nitrogens with zero attached hydrogens (tertiary/aromatic N) is 1. The molecule has 0 fully saturated rings. The van der Waals surface area contributed by atoms with E-state index in [4.69, 9.17) is 8.83 Å². The van der Waals surface area contributed by atoms with Gasteiger partial charge in [-0.15, -0.1) is 0 Å². The second-order valence-corrected chi connectivity index (χ2v) is 16.7. The number of hydrogen-bond acceptors (Lipinski definition) is 3. The van der Waals surface area contributed by atoms with E-state index < -0.39 is 5.41 Å². The number of anilines is 3. The number of benzene rings is 10. The first kappa shape index (κ1) is 36.3. The molecule has 0 amide bonds. The Morgan fingerprint density at radius 1 is 0.328 bits per heavy atom. The molecule has 0 atom stereocenters. The number of hydrogen-bond donors (Lipinski definition) is 0. The van der Waals surface area contributed by atoms with Crippen LogP contribution in [0.3, 0.4) is 0 Å². The van der Waals surface area contributed by atoms with Crippen molar-refractivity contribution in [2.24, 2.45) is 0 Å². The summed E-state index contributed by atoms with van der Waals surface area (Å²) in [7, 11) is 0. The average molecular weight is 818 g/mol. The standard InChI is InChI=1S/C61H39NO2/c1-4-16-40(17-5-1)41-30-34-45(35-31-41)62(55-27-14-25-50-49-23-11-13-28-56(49)64-60(50)55)46-36-32-42(33-37-46)47-24-15-29-57-59(47)52-38-51-48-22-10-12-26-53(48)61(43-18-6-2-7-19-43,44-20-8-3-9-21-44)54(51)39-58(52)63-57/h1-39H. The van der Waals surface area contributed by atoms with Crippen molar-refractivity contribution in [2.45, 2.75) is 5.41 Å². The van der Waals surface area contributed by atoms with Crippen molar-refractivity contribution in [3.63, 3.8) is 0 Å². The molecular formula is C61H39NO2. The van der Waals surface area contributed by atoms with Gasteiger partial charge in [-0.25, -0.2) is 0 Å². The lowest BCUT2D eigenvalue weighted by atomic mass is 9.67. The summed E-state index contributed by atoms with van der Waals surface area (Å²) in [5.74, 6) is 0. The van der Waals surface area contributed by atoms with Crippen molar-refractivity contribution in [1.29, 1.82) is 0 Å². The topological polar surface area (TPSA) is 29.5 Å². The predicted molar refractivity (Wildman–Crippen MR) is 264 cm³/mol. The molecule has 0 unspecified atom stereocenters. The summed E-state index contributed by atoms with van der Waals surface area (Å²) in [6, 6.07) is 84.9. The zero-order valence-electron chi connectivity index (χ0n) is 34.8. The number of fused-ring (bicyclic) bond motifs is 9. The van der Waals surface area contributed by atoms with Gasteiger partial charge in [0.05, 0.1) is 11.1 Å². The lowest BCUT2D eigenvalue weighted by Crippen LogP contribution is -2.28. The first-order valence-corrected chi connectivity index (χ1v) is 21.9. The highest BCUT2D eigenvalue weighted by atomic mass is 16.3. The SMILES string of the molecule is c1ccc(-c2ccc(N(c3ccc(-c4cccc5oc6cc7c(cc6c45)-c4ccccc4C7(c4ccccc4)c4ccccc4)cc3)c3cccc4c3oc3ccccc34)cc2)cc1. The molecule has 0 aliphatic heterocycles. The Hall–Kier alpha value is -8.40. The van der Waals surface area contributed by atoms with Gasteiger partial charge in [-0.05, 0) is 110 Å². The van der Waals surface area contributed by atoms with E-state index in [9.17, 15) is 0 Å². The first-order valence-electron chi connectivity index (χ1n) is 21.9. The molecule has 12 aromatic rings. The van der Waals surface area contributed by atoms with Crippen LogP contribution in [-0.2, 0) is 5.41 Å². The van der Waals surface area contributed by atoms with Gasteiger partial charge in [-0.1, -0.05) is 182 Å². The van der Waals surface area contributed by atoms with Crippen LogP contribution in [0.15, 0.2) is 245 Å². The van der Waals surface area contributed by atoms with Crippen LogP contribution in [0.5, 0.6) is 0 Å². The minimum absolute atomic E-state index is 0.499. The van der Waals surface area contributed by atoms with Gasteiger partial charge < -0.3 is 13.7 Å². The minimum Gasteiger partial charge on any atom is -0.456 e. The molecule has 13 rings (SSSR count). The van der Waals surface area contributed by atoms with E-state index >= 15 is 0 Å². The monoisotopic (exact) mass is 817 g/mol. The average Bonchev–Trinajstić information content (AvgIpc) is 4.03. The van der Waals surface area contributed by atoms with Crippen LogP contribution >= 0.6 is 0 Å². The maximum absolute atomic E-state index is 6.87. The van der Waals surface area contributed by atoms with Gasteiger partial charge in [0, 0.05) is 32.9 Å². The molecule has 2 aromatic heterocycles. The van der Waals surface area contributed by atoms with Crippen molar-refractivity contribution >= 4 is 60.9 Å². The third-order valence-electron chi connectivity index (χ3n) is 13.4. The Bertz CT molecular complexity index is 3660. The molecule has 1 aliphatic carbocycles. The Kier molecular flexibility index (Phi) is 8.13. The van der Waals surface area contributed by atoms with Crippen LogP contribution in [0.2, 0.25) is 0 Å². The second kappa shape index (κ2) is 14.3. The lowest BCUT2D eigenvalue weighted by molar-refractivity contribution is 0.666.